The molecule has 0 spiro atoms. The van der Waals surface area contributed by atoms with Gasteiger partial charge < -0.3 is 10.1 Å². The van der Waals surface area contributed by atoms with Crippen molar-refractivity contribution >= 4 is 17.4 Å². The summed E-state index contributed by atoms with van der Waals surface area (Å²) >= 11 is 0. The molecule has 0 bridgehead atoms. The Bertz CT molecular complexity index is 1050. The standard InChI is InChI=1S/C23H24N4O2/c1-15-10-18-7-9-27(21(18)12-16(15)2)23(28)26-20-11-17(3)22(25-13-20)29-14-19-6-4-5-8-24-19/h4-6,8,10-13H,7,9,14H2,1-3H3,(H,26,28). The van der Waals surface area contributed by atoms with E-state index in [9.17, 15) is 4.79 Å². The molecule has 4 rings (SSSR count). The van der Waals surface area contributed by atoms with Crippen LogP contribution in [0.3, 0.4) is 0 Å². The minimum absolute atomic E-state index is 0.143. The SMILES string of the molecule is Cc1cc2c(cc1C)N(C(=O)Nc1cnc(OCc3ccccn3)c(C)c1)CC2. The van der Waals surface area contributed by atoms with E-state index in [2.05, 4.69) is 41.3 Å². The molecule has 0 unspecified atom stereocenters. The highest BCUT2D eigenvalue weighted by molar-refractivity contribution is 6.03. The fraction of sp³-hybridized carbons (Fsp3) is 0.261. The molecule has 29 heavy (non-hydrogen) atoms. The monoisotopic (exact) mass is 388 g/mol. The molecule has 0 saturated heterocycles. The molecule has 3 aromatic rings. The van der Waals surface area contributed by atoms with Gasteiger partial charge in [-0.15, -0.1) is 0 Å². The Labute approximate surface area is 170 Å². The minimum atomic E-state index is -0.143. The Kier molecular flexibility index (Phi) is 5.16. The summed E-state index contributed by atoms with van der Waals surface area (Å²) in [6.07, 6.45) is 4.23. The Morgan fingerprint density at radius 2 is 1.93 bits per heavy atom. The van der Waals surface area contributed by atoms with Gasteiger partial charge in [0.25, 0.3) is 0 Å². The van der Waals surface area contributed by atoms with Crippen LogP contribution in [0.25, 0.3) is 0 Å². The topological polar surface area (TPSA) is 67.4 Å². The molecule has 0 atom stereocenters. The number of anilines is 2. The summed E-state index contributed by atoms with van der Waals surface area (Å²) in [7, 11) is 0. The zero-order valence-corrected chi connectivity index (χ0v) is 16.9. The van der Waals surface area contributed by atoms with Gasteiger partial charge in [-0.3, -0.25) is 9.88 Å². The normalized spacial score (nSPS) is 12.6. The summed E-state index contributed by atoms with van der Waals surface area (Å²) in [5.41, 5.74) is 7.00. The molecule has 1 aromatic carbocycles. The fourth-order valence-electron chi connectivity index (χ4n) is 3.47. The zero-order chi connectivity index (χ0) is 20.4. The molecule has 0 saturated carbocycles. The third-order valence-corrected chi connectivity index (χ3v) is 5.20. The van der Waals surface area contributed by atoms with E-state index in [4.69, 9.17) is 4.74 Å². The lowest BCUT2D eigenvalue weighted by Crippen LogP contribution is -2.33. The van der Waals surface area contributed by atoms with Crippen molar-refractivity contribution in [2.45, 2.75) is 33.8 Å². The van der Waals surface area contributed by atoms with Crippen LogP contribution in [0, 0.1) is 20.8 Å². The number of nitrogens with zero attached hydrogens (tertiary/aromatic N) is 3. The van der Waals surface area contributed by atoms with Crippen LogP contribution in [-0.2, 0) is 13.0 Å². The van der Waals surface area contributed by atoms with Crippen molar-refractivity contribution in [2.24, 2.45) is 0 Å². The Morgan fingerprint density at radius 3 is 2.69 bits per heavy atom. The molecule has 1 aliphatic rings. The number of ether oxygens (including phenoxy) is 1. The number of pyridine rings is 2. The molecule has 3 heterocycles. The third-order valence-electron chi connectivity index (χ3n) is 5.20. The quantitative estimate of drug-likeness (QED) is 0.711. The van der Waals surface area contributed by atoms with E-state index in [0.29, 0.717) is 24.7 Å². The number of aromatic nitrogens is 2. The maximum Gasteiger partial charge on any atom is 0.326 e. The Morgan fingerprint density at radius 1 is 1.10 bits per heavy atom. The molecule has 0 aliphatic carbocycles. The van der Waals surface area contributed by atoms with Crippen LogP contribution in [-0.4, -0.2) is 22.5 Å². The van der Waals surface area contributed by atoms with Gasteiger partial charge in [0.15, 0.2) is 0 Å². The van der Waals surface area contributed by atoms with Crippen LogP contribution in [0.5, 0.6) is 5.88 Å². The van der Waals surface area contributed by atoms with E-state index in [1.54, 1.807) is 17.3 Å². The van der Waals surface area contributed by atoms with Crippen molar-refractivity contribution in [3.05, 3.63) is 76.7 Å². The summed E-state index contributed by atoms with van der Waals surface area (Å²) in [6.45, 7) is 7.12. The largest absolute Gasteiger partial charge is 0.471 e. The van der Waals surface area contributed by atoms with Gasteiger partial charge in [0.05, 0.1) is 17.6 Å². The van der Waals surface area contributed by atoms with Gasteiger partial charge in [-0.05, 0) is 68.1 Å². The minimum Gasteiger partial charge on any atom is -0.471 e. The van der Waals surface area contributed by atoms with Crippen LogP contribution in [0.15, 0.2) is 48.8 Å². The lowest BCUT2D eigenvalue weighted by Gasteiger charge is -2.19. The van der Waals surface area contributed by atoms with Crippen LogP contribution in [0.2, 0.25) is 0 Å². The molecule has 6 heteroatoms. The van der Waals surface area contributed by atoms with E-state index in [0.717, 1.165) is 23.4 Å². The van der Waals surface area contributed by atoms with Crippen molar-refractivity contribution in [2.75, 3.05) is 16.8 Å². The first-order valence-corrected chi connectivity index (χ1v) is 9.69. The lowest BCUT2D eigenvalue weighted by atomic mass is 10.0. The number of urea groups is 1. The summed E-state index contributed by atoms with van der Waals surface area (Å²) in [6, 6.07) is 11.7. The summed E-state index contributed by atoms with van der Waals surface area (Å²) in [4.78, 5) is 23.2. The molecule has 148 valence electrons. The molecular weight excluding hydrogens is 364 g/mol. The number of carbonyl (C=O) groups is 1. The number of fused-ring (bicyclic) bond motifs is 1. The van der Waals surface area contributed by atoms with Crippen molar-refractivity contribution in [1.82, 2.24) is 9.97 Å². The number of carbonyl (C=O) groups excluding carboxylic acids is 1. The zero-order valence-electron chi connectivity index (χ0n) is 16.9. The Hall–Kier alpha value is -3.41. The highest BCUT2D eigenvalue weighted by Crippen LogP contribution is 2.31. The molecule has 0 radical (unpaired) electrons. The predicted octanol–water partition coefficient (Wildman–Crippen LogP) is 4.58. The van der Waals surface area contributed by atoms with Crippen LogP contribution in [0.1, 0.15) is 27.9 Å². The fourth-order valence-corrected chi connectivity index (χ4v) is 3.47. The van der Waals surface area contributed by atoms with Gasteiger partial charge >= 0.3 is 6.03 Å². The number of hydrogen-bond acceptors (Lipinski definition) is 4. The number of nitrogens with one attached hydrogen (secondary N) is 1. The first-order chi connectivity index (χ1) is 14.0. The van der Waals surface area contributed by atoms with Crippen LogP contribution >= 0.6 is 0 Å². The van der Waals surface area contributed by atoms with E-state index in [1.807, 2.05) is 31.2 Å². The predicted molar refractivity (Wildman–Crippen MR) is 114 cm³/mol. The molecule has 6 nitrogen and oxygen atoms in total. The Balaban J connectivity index is 1.43. The number of rotatable bonds is 4. The number of hydrogen-bond donors (Lipinski definition) is 1. The summed E-state index contributed by atoms with van der Waals surface area (Å²) < 4.78 is 5.76. The van der Waals surface area contributed by atoms with Gasteiger partial charge in [0.1, 0.15) is 6.61 Å². The average Bonchev–Trinajstić information content (AvgIpc) is 3.11. The smallest absolute Gasteiger partial charge is 0.326 e. The number of amides is 2. The van der Waals surface area contributed by atoms with Gasteiger partial charge in [-0.1, -0.05) is 12.1 Å². The van der Waals surface area contributed by atoms with Gasteiger partial charge in [0, 0.05) is 24.0 Å². The van der Waals surface area contributed by atoms with Crippen LogP contribution < -0.4 is 15.0 Å². The summed E-state index contributed by atoms with van der Waals surface area (Å²) in [5, 5.41) is 2.96. The molecule has 0 fully saturated rings. The second kappa shape index (κ2) is 7.91. The lowest BCUT2D eigenvalue weighted by molar-refractivity contribution is 0.257. The van der Waals surface area contributed by atoms with Crippen LogP contribution in [0.4, 0.5) is 16.2 Å². The van der Waals surface area contributed by atoms with Crippen molar-refractivity contribution < 1.29 is 9.53 Å². The van der Waals surface area contributed by atoms with Crippen molar-refractivity contribution in [1.29, 1.82) is 0 Å². The maximum absolute atomic E-state index is 12.8. The highest BCUT2D eigenvalue weighted by Gasteiger charge is 2.25. The van der Waals surface area contributed by atoms with Gasteiger partial charge in [-0.25, -0.2) is 9.78 Å². The molecule has 1 N–H and O–H groups in total. The first kappa shape index (κ1) is 18.9. The second-order valence-corrected chi connectivity index (χ2v) is 7.35. The van der Waals surface area contributed by atoms with Crippen molar-refractivity contribution in [3.8, 4) is 5.88 Å². The van der Waals surface area contributed by atoms with E-state index in [-0.39, 0.29) is 6.03 Å². The van der Waals surface area contributed by atoms with E-state index < -0.39 is 0 Å². The molecular formula is C23H24N4O2. The summed E-state index contributed by atoms with van der Waals surface area (Å²) in [5.74, 6) is 0.534. The maximum atomic E-state index is 12.8. The number of aryl methyl sites for hydroxylation is 3. The van der Waals surface area contributed by atoms with Gasteiger partial charge in [0.2, 0.25) is 5.88 Å². The average molecular weight is 388 g/mol. The van der Waals surface area contributed by atoms with E-state index >= 15 is 0 Å². The highest BCUT2D eigenvalue weighted by atomic mass is 16.5. The van der Waals surface area contributed by atoms with Crippen molar-refractivity contribution in [3.63, 3.8) is 0 Å². The number of benzene rings is 1. The molecule has 2 aromatic heterocycles. The van der Waals surface area contributed by atoms with E-state index in [1.165, 1.54) is 16.7 Å². The van der Waals surface area contributed by atoms with Gasteiger partial charge in [-0.2, -0.15) is 0 Å². The molecule has 2 amide bonds. The second-order valence-electron chi connectivity index (χ2n) is 7.35. The molecule has 1 aliphatic heterocycles. The first-order valence-electron chi connectivity index (χ1n) is 9.69. The third kappa shape index (κ3) is 4.06.